The van der Waals surface area contributed by atoms with E-state index in [-0.39, 0.29) is 5.79 Å². The lowest BCUT2D eigenvalue weighted by Gasteiger charge is -2.44. The first-order chi connectivity index (χ1) is 13.1. The quantitative estimate of drug-likeness (QED) is 0.498. The van der Waals surface area contributed by atoms with Crippen molar-refractivity contribution >= 4 is 5.78 Å². The molecular weight excluding hydrogens is 336 g/mol. The van der Waals surface area contributed by atoms with Crippen LogP contribution in [0.4, 0.5) is 0 Å². The molecule has 4 aliphatic carbocycles. The molecule has 0 bridgehead atoms. The van der Waals surface area contributed by atoms with Crippen molar-refractivity contribution in [2.45, 2.75) is 95.7 Å². The highest BCUT2D eigenvalue weighted by atomic mass is 16.7. The van der Waals surface area contributed by atoms with Gasteiger partial charge in [0, 0.05) is 25.7 Å². The standard InChI is InChI=1S/C13H20O2.C11H16O/c1-2-5-12(6-3-1)7-4-8-13(11-12)14-9-10-15-13;12-10-5-4-8-11(9-10)6-2-1-3-7-11/h2,5H,1,3-4,6-11H2;2,6H,1,3-5,7-9H2/t12-;11-/m00/s1. The SMILES string of the molecule is C1=C[C@]2(CCC1)CCCC1(C2)OCCO1.O=C1CCC[C@@]2(C=CCCC2)C1. The van der Waals surface area contributed by atoms with E-state index in [9.17, 15) is 4.79 Å². The molecule has 1 heterocycles. The minimum Gasteiger partial charge on any atom is -0.348 e. The number of rotatable bonds is 0. The van der Waals surface area contributed by atoms with Gasteiger partial charge < -0.3 is 9.47 Å². The summed E-state index contributed by atoms with van der Waals surface area (Å²) in [5.41, 5.74) is 0.703. The summed E-state index contributed by atoms with van der Waals surface area (Å²) < 4.78 is 11.7. The summed E-state index contributed by atoms with van der Waals surface area (Å²) in [7, 11) is 0. The average Bonchev–Trinajstić information content (AvgIpc) is 3.10. The number of allylic oxidation sites excluding steroid dienone is 4. The van der Waals surface area contributed by atoms with Crippen LogP contribution in [0, 0.1) is 10.8 Å². The molecule has 3 spiro atoms. The van der Waals surface area contributed by atoms with Gasteiger partial charge in [0.15, 0.2) is 5.79 Å². The maximum atomic E-state index is 11.3. The van der Waals surface area contributed by atoms with Crippen LogP contribution in [0.3, 0.4) is 0 Å². The molecule has 5 rings (SSSR count). The molecule has 1 saturated heterocycles. The van der Waals surface area contributed by atoms with E-state index >= 15 is 0 Å². The van der Waals surface area contributed by atoms with Gasteiger partial charge >= 0.3 is 0 Å². The van der Waals surface area contributed by atoms with Crippen molar-refractivity contribution in [3.63, 3.8) is 0 Å². The van der Waals surface area contributed by atoms with Crippen molar-refractivity contribution in [1.82, 2.24) is 0 Å². The number of hydrogen-bond donors (Lipinski definition) is 0. The molecule has 0 aromatic carbocycles. The minimum absolute atomic E-state index is 0.208. The molecule has 2 saturated carbocycles. The Balaban J connectivity index is 0.000000137. The molecule has 5 aliphatic rings. The highest BCUT2D eigenvalue weighted by Crippen LogP contribution is 2.50. The van der Waals surface area contributed by atoms with E-state index in [0.717, 1.165) is 45.3 Å². The summed E-state index contributed by atoms with van der Waals surface area (Å²) in [5, 5.41) is 0. The second kappa shape index (κ2) is 8.21. The van der Waals surface area contributed by atoms with Gasteiger partial charge in [0.25, 0.3) is 0 Å². The summed E-state index contributed by atoms with van der Waals surface area (Å²) >= 11 is 0. The molecule has 0 unspecified atom stereocenters. The molecule has 1 aliphatic heterocycles. The first-order valence-electron chi connectivity index (χ1n) is 11.3. The van der Waals surface area contributed by atoms with E-state index in [0.29, 0.717) is 16.6 Å². The molecule has 2 atom stereocenters. The Hall–Kier alpha value is -0.930. The Morgan fingerprint density at radius 3 is 2.00 bits per heavy atom. The van der Waals surface area contributed by atoms with Crippen LogP contribution in [0.5, 0.6) is 0 Å². The van der Waals surface area contributed by atoms with E-state index in [1.54, 1.807) is 0 Å². The zero-order valence-electron chi connectivity index (χ0n) is 16.8. The summed E-state index contributed by atoms with van der Waals surface area (Å²) in [4.78, 5) is 11.3. The van der Waals surface area contributed by atoms with Gasteiger partial charge in [-0.25, -0.2) is 0 Å². The number of ether oxygens (including phenoxy) is 2. The molecule has 0 aromatic heterocycles. The van der Waals surface area contributed by atoms with Gasteiger partial charge in [-0.05, 0) is 75.0 Å². The molecule has 0 amide bonds. The number of carbonyl (C=O) groups is 1. The van der Waals surface area contributed by atoms with Gasteiger partial charge in [-0.3, -0.25) is 4.79 Å². The Morgan fingerprint density at radius 2 is 1.37 bits per heavy atom. The second-order valence-electron chi connectivity index (χ2n) is 9.52. The molecule has 3 heteroatoms. The maximum Gasteiger partial charge on any atom is 0.169 e. The molecular formula is C24H36O3. The van der Waals surface area contributed by atoms with Crippen LogP contribution >= 0.6 is 0 Å². The molecule has 0 radical (unpaired) electrons. The van der Waals surface area contributed by atoms with Crippen LogP contribution in [0.2, 0.25) is 0 Å². The smallest absolute Gasteiger partial charge is 0.169 e. The van der Waals surface area contributed by atoms with E-state index < -0.39 is 0 Å². The predicted octanol–water partition coefficient (Wildman–Crippen LogP) is 5.89. The zero-order valence-corrected chi connectivity index (χ0v) is 16.8. The number of hydrogen-bond acceptors (Lipinski definition) is 3. The number of carbonyl (C=O) groups excluding carboxylic acids is 1. The Bertz CT molecular complexity index is 586. The van der Waals surface area contributed by atoms with Crippen molar-refractivity contribution in [2.24, 2.45) is 10.8 Å². The maximum absolute atomic E-state index is 11.3. The Labute approximate surface area is 164 Å². The van der Waals surface area contributed by atoms with Crippen LogP contribution in [-0.2, 0) is 14.3 Å². The number of Topliss-reactive ketones (excluding diaryl/α,β-unsaturated/α-hetero) is 1. The van der Waals surface area contributed by atoms with Crippen molar-refractivity contribution in [1.29, 1.82) is 0 Å². The van der Waals surface area contributed by atoms with Gasteiger partial charge in [0.05, 0.1) is 13.2 Å². The lowest BCUT2D eigenvalue weighted by Crippen LogP contribution is -2.42. The van der Waals surface area contributed by atoms with E-state index in [1.807, 2.05) is 0 Å². The summed E-state index contributed by atoms with van der Waals surface area (Å²) in [5.74, 6) is 0.271. The zero-order chi connectivity index (χ0) is 18.6. The molecule has 3 fully saturated rings. The highest BCUT2D eigenvalue weighted by Gasteiger charge is 2.47. The highest BCUT2D eigenvalue weighted by molar-refractivity contribution is 5.80. The predicted molar refractivity (Wildman–Crippen MR) is 107 cm³/mol. The number of ketones is 1. The Kier molecular flexibility index (Phi) is 5.89. The monoisotopic (exact) mass is 372 g/mol. The molecule has 0 N–H and O–H groups in total. The largest absolute Gasteiger partial charge is 0.348 e. The van der Waals surface area contributed by atoms with E-state index in [4.69, 9.17) is 9.47 Å². The van der Waals surface area contributed by atoms with Crippen molar-refractivity contribution < 1.29 is 14.3 Å². The fraction of sp³-hybridized carbons (Fsp3) is 0.792. The third-order valence-corrected chi connectivity index (χ3v) is 7.38. The van der Waals surface area contributed by atoms with E-state index in [1.165, 1.54) is 57.8 Å². The lowest BCUT2D eigenvalue weighted by molar-refractivity contribution is -0.197. The van der Waals surface area contributed by atoms with Gasteiger partial charge in [-0.2, -0.15) is 0 Å². The van der Waals surface area contributed by atoms with Crippen molar-refractivity contribution in [3.8, 4) is 0 Å². The van der Waals surface area contributed by atoms with Gasteiger partial charge in [-0.1, -0.05) is 24.3 Å². The molecule has 27 heavy (non-hydrogen) atoms. The third kappa shape index (κ3) is 4.56. The van der Waals surface area contributed by atoms with Crippen molar-refractivity contribution in [2.75, 3.05) is 13.2 Å². The van der Waals surface area contributed by atoms with Crippen LogP contribution in [-0.4, -0.2) is 24.8 Å². The summed E-state index contributed by atoms with van der Waals surface area (Å²) in [6, 6.07) is 0. The van der Waals surface area contributed by atoms with Crippen LogP contribution < -0.4 is 0 Å². The normalized spacial score (nSPS) is 37.6. The van der Waals surface area contributed by atoms with Gasteiger partial charge in [-0.15, -0.1) is 0 Å². The fourth-order valence-electron chi connectivity index (χ4n) is 6.06. The summed E-state index contributed by atoms with van der Waals surface area (Å²) in [6.45, 7) is 1.58. The minimum atomic E-state index is -0.208. The molecule has 3 nitrogen and oxygen atoms in total. The van der Waals surface area contributed by atoms with Crippen molar-refractivity contribution in [3.05, 3.63) is 24.3 Å². The third-order valence-electron chi connectivity index (χ3n) is 7.38. The van der Waals surface area contributed by atoms with Crippen LogP contribution in [0.1, 0.15) is 89.9 Å². The van der Waals surface area contributed by atoms with Crippen LogP contribution in [0.25, 0.3) is 0 Å². The fourth-order valence-corrected chi connectivity index (χ4v) is 6.06. The first kappa shape index (κ1) is 19.4. The Morgan fingerprint density at radius 1 is 0.741 bits per heavy atom. The average molecular weight is 373 g/mol. The molecule has 150 valence electrons. The molecule has 0 aromatic rings. The van der Waals surface area contributed by atoms with Gasteiger partial charge in [0.2, 0.25) is 0 Å². The van der Waals surface area contributed by atoms with E-state index in [2.05, 4.69) is 24.3 Å². The second-order valence-corrected chi connectivity index (χ2v) is 9.52. The van der Waals surface area contributed by atoms with Gasteiger partial charge in [0.1, 0.15) is 5.78 Å². The topological polar surface area (TPSA) is 35.5 Å². The lowest BCUT2D eigenvalue weighted by atomic mass is 9.67. The summed E-state index contributed by atoms with van der Waals surface area (Å²) in [6.07, 6.45) is 25.9. The first-order valence-corrected chi connectivity index (χ1v) is 11.3. The van der Waals surface area contributed by atoms with Crippen LogP contribution in [0.15, 0.2) is 24.3 Å².